The second kappa shape index (κ2) is 6.01. The van der Waals surface area contributed by atoms with Crippen LogP contribution in [0.25, 0.3) is 6.08 Å². The van der Waals surface area contributed by atoms with Crippen molar-refractivity contribution >= 4 is 23.8 Å². The molecule has 3 amide bonds. The number of benzene rings is 1. The lowest BCUT2D eigenvalue weighted by molar-refractivity contribution is -0.143. The molecule has 1 fully saturated rings. The fourth-order valence-electron chi connectivity index (χ4n) is 1.86. The molecule has 1 aliphatic heterocycles. The summed E-state index contributed by atoms with van der Waals surface area (Å²) in [4.78, 5) is 35.5. The standard InChI is InChI=1S/C14H14N2O4/c1-20-11-5-3-2-4-10(11)6-7-14(19)16-8-12(17)15-13(18)9-16/h2-7H,8-9H2,1H3,(H,15,17,18). The van der Waals surface area contributed by atoms with Gasteiger partial charge in [-0.15, -0.1) is 0 Å². The van der Waals surface area contributed by atoms with Gasteiger partial charge in [0.1, 0.15) is 18.8 Å². The molecule has 1 aliphatic rings. The van der Waals surface area contributed by atoms with Crippen LogP contribution in [-0.4, -0.2) is 42.8 Å². The predicted octanol–water partition coefficient (Wildman–Crippen LogP) is 0.193. The molecule has 0 saturated carbocycles. The number of hydrogen-bond donors (Lipinski definition) is 1. The molecule has 0 bridgehead atoms. The Morgan fingerprint density at radius 3 is 2.55 bits per heavy atom. The zero-order chi connectivity index (χ0) is 14.5. The van der Waals surface area contributed by atoms with Crippen LogP contribution < -0.4 is 10.1 Å². The quantitative estimate of drug-likeness (QED) is 0.631. The fraction of sp³-hybridized carbons (Fsp3) is 0.214. The van der Waals surface area contributed by atoms with Gasteiger partial charge in [-0.05, 0) is 12.1 Å². The molecule has 0 spiro atoms. The molecular formula is C14H14N2O4. The number of piperazine rings is 1. The topological polar surface area (TPSA) is 75.7 Å². The Morgan fingerprint density at radius 2 is 1.90 bits per heavy atom. The van der Waals surface area contributed by atoms with Crippen LogP contribution in [-0.2, 0) is 14.4 Å². The van der Waals surface area contributed by atoms with Crippen LogP contribution in [0.5, 0.6) is 5.75 Å². The average molecular weight is 274 g/mol. The molecule has 104 valence electrons. The summed E-state index contributed by atoms with van der Waals surface area (Å²) < 4.78 is 5.16. The molecular weight excluding hydrogens is 260 g/mol. The first-order valence-corrected chi connectivity index (χ1v) is 6.03. The summed E-state index contributed by atoms with van der Waals surface area (Å²) in [5.74, 6) is -0.691. The minimum atomic E-state index is -0.472. The third-order valence-electron chi connectivity index (χ3n) is 2.80. The van der Waals surface area contributed by atoms with Gasteiger partial charge in [0.15, 0.2) is 0 Å². The van der Waals surface area contributed by atoms with E-state index in [1.807, 2.05) is 12.1 Å². The zero-order valence-electron chi connectivity index (χ0n) is 11.0. The average Bonchev–Trinajstić information content (AvgIpc) is 2.44. The van der Waals surface area contributed by atoms with Crippen molar-refractivity contribution in [2.75, 3.05) is 20.2 Å². The van der Waals surface area contributed by atoms with E-state index >= 15 is 0 Å². The molecule has 1 aromatic carbocycles. The maximum Gasteiger partial charge on any atom is 0.247 e. The lowest BCUT2D eigenvalue weighted by Gasteiger charge is -2.24. The number of hydrogen-bond acceptors (Lipinski definition) is 4. The lowest BCUT2D eigenvalue weighted by atomic mass is 10.2. The maximum absolute atomic E-state index is 11.9. The van der Waals surface area contributed by atoms with Crippen LogP contribution in [0.1, 0.15) is 5.56 Å². The van der Waals surface area contributed by atoms with Crippen LogP contribution in [0.3, 0.4) is 0 Å². The molecule has 2 rings (SSSR count). The number of carbonyl (C=O) groups excluding carboxylic acids is 3. The van der Waals surface area contributed by atoms with E-state index in [0.29, 0.717) is 5.75 Å². The smallest absolute Gasteiger partial charge is 0.247 e. The van der Waals surface area contributed by atoms with Gasteiger partial charge in [-0.3, -0.25) is 19.7 Å². The largest absolute Gasteiger partial charge is 0.496 e. The molecule has 0 aliphatic carbocycles. The van der Waals surface area contributed by atoms with E-state index in [4.69, 9.17) is 4.74 Å². The minimum Gasteiger partial charge on any atom is -0.496 e. The molecule has 1 heterocycles. The number of para-hydroxylation sites is 1. The number of carbonyl (C=O) groups is 3. The van der Waals surface area contributed by atoms with Crippen molar-refractivity contribution in [3.63, 3.8) is 0 Å². The number of nitrogens with zero attached hydrogens (tertiary/aromatic N) is 1. The Kier molecular flexibility index (Phi) is 4.14. The second-order valence-electron chi connectivity index (χ2n) is 4.24. The van der Waals surface area contributed by atoms with Crippen molar-refractivity contribution in [1.29, 1.82) is 0 Å². The van der Waals surface area contributed by atoms with E-state index < -0.39 is 11.8 Å². The summed E-state index contributed by atoms with van der Waals surface area (Å²) in [5.41, 5.74) is 0.746. The fourth-order valence-corrected chi connectivity index (χ4v) is 1.86. The highest BCUT2D eigenvalue weighted by Crippen LogP contribution is 2.18. The number of amides is 3. The first-order valence-electron chi connectivity index (χ1n) is 6.03. The van der Waals surface area contributed by atoms with Gasteiger partial charge in [-0.2, -0.15) is 0 Å². The molecule has 20 heavy (non-hydrogen) atoms. The summed E-state index contributed by atoms with van der Waals surface area (Å²) >= 11 is 0. The van der Waals surface area contributed by atoms with Crippen molar-refractivity contribution in [1.82, 2.24) is 10.2 Å². The molecule has 1 saturated heterocycles. The normalized spacial score (nSPS) is 15.3. The third-order valence-corrected chi connectivity index (χ3v) is 2.80. The van der Waals surface area contributed by atoms with Gasteiger partial charge >= 0.3 is 0 Å². The summed E-state index contributed by atoms with van der Waals surface area (Å²) in [5, 5.41) is 2.14. The van der Waals surface area contributed by atoms with Gasteiger partial charge in [-0.1, -0.05) is 18.2 Å². The third kappa shape index (κ3) is 3.23. The Hall–Kier alpha value is -2.63. The van der Waals surface area contributed by atoms with Gasteiger partial charge in [-0.25, -0.2) is 0 Å². The number of imide groups is 1. The summed E-state index contributed by atoms with van der Waals surface area (Å²) in [6, 6.07) is 7.23. The molecule has 0 radical (unpaired) electrons. The predicted molar refractivity (Wildman–Crippen MR) is 71.8 cm³/mol. The van der Waals surface area contributed by atoms with Crippen molar-refractivity contribution in [3.05, 3.63) is 35.9 Å². The number of nitrogens with one attached hydrogen (secondary N) is 1. The van der Waals surface area contributed by atoms with Crippen molar-refractivity contribution < 1.29 is 19.1 Å². The number of methoxy groups -OCH3 is 1. The second-order valence-corrected chi connectivity index (χ2v) is 4.24. The Bertz CT molecular complexity index is 564. The molecule has 0 unspecified atom stereocenters. The van der Waals surface area contributed by atoms with Crippen LogP contribution in [0.15, 0.2) is 30.3 Å². The van der Waals surface area contributed by atoms with Gasteiger partial charge in [0.25, 0.3) is 0 Å². The van der Waals surface area contributed by atoms with Gasteiger partial charge in [0, 0.05) is 11.6 Å². The highest BCUT2D eigenvalue weighted by atomic mass is 16.5. The Balaban J connectivity index is 2.09. The molecule has 6 nitrogen and oxygen atoms in total. The Labute approximate surface area is 116 Å². The van der Waals surface area contributed by atoms with Crippen LogP contribution in [0, 0.1) is 0 Å². The summed E-state index contributed by atoms with van der Waals surface area (Å²) in [7, 11) is 1.54. The SMILES string of the molecule is COc1ccccc1C=CC(=O)N1CC(=O)NC(=O)C1. The van der Waals surface area contributed by atoms with E-state index in [-0.39, 0.29) is 19.0 Å². The number of rotatable bonds is 3. The Morgan fingerprint density at radius 1 is 1.25 bits per heavy atom. The molecule has 6 heteroatoms. The lowest BCUT2D eigenvalue weighted by Crippen LogP contribution is -2.52. The summed E-state index contributed by atoms with van der Waals surface area (Å²) in [6.07, 6.45) is 2.92. The van der Waals surface area contributed by atoms with E-state index in [2.05, 4.69) is 5.32 Å². The van der Waals surface area contributed by atoms with Gasteiger partial charge < -0.3 is 9.64 Å². The first kappa shape index (κ1) is 13.8. The van der Waals surface area contributed by atoms with Crippen LogP contribution >= 0.6 is 0 Å². The minimum absolute atomic E-state index is 0.110. The maximum atomic E-state index is 11.9. The van der Waals surface area contributed by atoms with Crippen molar-refractivity contribution in [3.8, 4) is 5.75 Å². The molecule has 1 N–H and O–H groups in total. The van der Waals surface area contributed by atoms with E-state index in [0.717, 1.165) is 5.56 Å². The zero-order valence-corrected chi connectivity index (χ0v) is 11.0. The highest BCUT2D eigenvalue weighted by molar-refractivity contribution is 6.04. The monoisotopic (exact) mass is 274 g/mol. The molecule has 1 aromatic rings. The van der Waals surface area contributed by atoms with Crippen molar-refractivity contribution in [2.45, 2.75) is 0 Å². The van der Waals surface area contributed by atoms with E-state index in [1.54, 1.807) is 25.3 Å². The molecule has 0 atom stereocenters. The van der Waals surface area contributed by atoms with Gasteiger partial charge in [0.2, 0.25) is 17.7 Å². The van der Waals surface area contributed by atoms with Crippen LogP contribution in [0.2, 0.25) is 0 Å². The van der Waals surface area contributed by atoms with Gasteiger partial charge in [0.05, 0.1) is 7.11 Å². The van der Waals surface area contributed by atoms with Crippen molar-refractivity contribution in [2.24, 2.45) is 0 Å². The molecule has 0 aromatic heterocycles. The summed E-state index contributed by atoms with van der Waals surface area (Å²) in [6.45, 7) is -0.221. The number of ether oxygens (including phenoxy) is 1. The van der Waals surface area contributed by atoms with E-state index in [9.17, 15) is 14.4 Å². The van der Waals surface area contributed by atoms with E-state index in [1.165, 1.54) is 11.0 Å². The first-order chi connectivity index (χ1) is 9.60. The highest BCUT2D eigenvalue weighted by Gasteiger charge is 2.24. The van der Waals surface area contributed by atoms with Crippen LogP contribution in [0.4, 0.5) is 0 Å².